The van der Waals surface area contributed by atoms with E-state index in [-0.39, 0.29) is 12.1 Å². The number of anilines is 1. The molecule has 5 nitrogen and oxygen atoms in total. The number of pyridine rings is 1. The molecule has 1 fully saturated rings. The number of hydrogen-bond acceptors (Lipinski definition) is 3. The predicted molar refractivity (Wildman–Crippen MR) is 111 cm³/mol. The van der Waals surface area contributed by atoms with Crippen molar-refractivity contribution in [2.24, 2.45) is 7.05 Å². The maximum absolute atomic E-state index is 5.76. The standard InChI is InChI=1S/C21H22N4OS/c1-14-11-12-17(24(14)2)20-19(15-8-6-7-13-22-15)23-21(27)25(20)16-9-4-5-10-18(16)26-3/h4-13,19-20H,1-3H3,(H,23,27)/t19-,20-/m0/s1. The summed E-state index contributed by atoms with van der Waals surface area (Å²) in [6, 6.07) is 18.1. The lowest BCUT2D eigenvalue weighted by Gasteiger charge is -2.29. The highest BCUT2D eigenvalue weighted by atomic mass is 32.1. The van der Waals surface area contributed by atoms with Gasteiger partial charge in [-0.2, -0.15) is 0 Å². The van der Waals surface area contributed by atoms with E-state index < -0.39 is 0 Å². The first-order valence-corrected chi connectivity index (χ1v) is 9.28. The number of aryl methyl sites for hydroxylation is 1. The van der Waals surface area contributed by atoms with Crippen LogP contribution in [0, 0.1) is 6.92 Å². The van der Waals surface area contributed by atoms with E-state index in [1.165, 1.54) is 11.4 Å². The van der Waals surface area contributed by atoms with Gasteiger partial charge in [0.25, 0.3) is 0 Å². The van der Waals surface area contributed by atoms with Gasteiger partial charge in [-0.05, 0) is 55.5 Å². The molecule has 2 atom stereocenters. The third-order valence-electron chi connectivity index (χ3n) is 5.16. The number of para-hydroxylation sites is 2. The van der Waals surface area contributed by atoms with Gasteiger partial charge in [-0.15, -0.1) is 0 Å². The maximum Gasteiger partial charge on any atom is 0.174 e. The van der Waals surface area contributed by atoms with Gasteiger partial charge in [0.05, 0.1) is 24.5 Å². The molecule has 0 spiro atoms. The van der Waals surface area contributed by atoms with E-state index in [1.54, 1.807) is 7.11 Å². The molecule has 27 heavy (non-hydrogen) atoms. The second-order valence-corrected chi connectivity index (χ2v) is 7.01. The van der Waals surface area contributed by atoms with Gasteiger partial charge in [-0.1, -0.05) is 18.2 Å². The van der Waals surface area contributed by atoms with Gasteiger partial charge >= 0.3 is 0 Å². The minimum absolute atomic E-state index is 0.0394. The molecule has 0 radical (unpaired) electrons. The van der Waals surface area contributed by atoms with Gasteiger partial charge in [-0.25, -0.2) is 0 Å². The van der Waals surface area contributed by atoms with E-state index in [9.17, 15) is 0 Å². The molecule has 1 N–H and O–H groups in total. The first-order valence-electron chi connectivity index (χ1n) is 8.87. The van der Waals surface area contributed by atoms with E-state index in [2.05, 4.69) is 45.9 Å². The van der Waals surface area contributed by atoms with E-state index in [0.717, 1.165) is 17.1 Å². The molecule has 138 valence electrons. The molecule has 3 aromatic rings. The van der Waals surface area contributed by atoms with Crippen LogP contribution >= 0.6 is 12.2 Å². The van der Waals surface area contributed by atoms with Crippen LogP contribution in [0.25, 0.3) is 0 Å². The molecule has 6 heteroatoms. The third kappa shape index (κ3) is 2.96. The fourth-order valence-corrected chi connectivity index (χ4v) is 4.01. The summed E-state index contributed by atoms with van der Waals surface area (Å²) in [4.78, 5) is 6.73. The fraction of sp³-hybridized carbons (Fsp3) is 0.238. The quantitative estimate of drug-likeness (QED) is 0.697. The second-order valence-electron chi connectivity index (χ2n) is 6.63. The zero-order valence-corrected chi connectivity index (χ0v) is 16.4. The van der Waals surface area contributed by atoms with Gasteiger partial charge in [-0.3, -0.25) is 4.98 Å². The summed E-state index contributed by atoms with van der Waals surface area (Å²) in [6.45, 7) is 2.10. The van der Waals surface area contributed by atoms with Crippen molar-refractivity contribution < 1.29 is 4.74 Å². The fourth-order valence-electron chi connectivity index (χ4n) is 3.67. The van der Waals surface area contributed by atoms with Crippen molar-refractivity contribution in [3.8, 4) is 5.75 Å². The summed E-state index contributed by atoms with van der Waals surface area (Å²) in [5.41, 5.74) is 4.27. The van der Waals surface area contributed by atoms with Gasteiger partial charge in [0.15, 0.2) is 5.11 Å². The van der Waals surface area contributed by atoms with Crippen LogP contribution in [-0.2, 0) is 7.05 Å². The Hall–Kier alpha value is -2.86. The molecule has 0 amide bonds. The highest BCUT2D eigenvalue weighted by Gasteiger charge is 2.42. The van der Waals surface area contributed by atoms with Crippen LogP contribution in [-0.4, -0.2) is 21.8 Å². The average molecular weight is 379 g/mol. The number of ether oxygens (including phenoxy) is 1. The summed E-state index contributed by atoms with van der Waals surface area (Å²) in [5, 5.41) is 4.15. The number of hydrogen-bond donors (Lipinski definition) is 1. The highest BCUT2D eigenvalue weighted by molar-refractivity contribution is 7.80. The molecule has 0 bridgehead atoms. The number of methoxy groups -OCH3 is 1. The summed E-state index contributed by atoms with van der Waals surface area (Å²) in [7, 11) is 3.77. The van der Waals surface area contributed by atoms with Crippen LogP contribution in [0.1, 0.15) is 29.2 Å². The summed E-state index contributed by atoms with van der Waals surface area (Å²) >= 11 is 5.76. The van der Waals surface area contributed by atoms with Crippen LogP contribution in [0.3, 0.4) is 0 Å². The monoisotopic (exact) mass is 378 g/mol. The van der Waals surface area contributed by atoms with E-state index in [1.807, 2.05) is 48.7 Å². The minimum atomic E-state index is -0.0587. The topological polar surface area (TPSA) is 42.3 Å². The molecule has 0 unspecified atom stereocenters. The van der Waals surface area contributed by atoms with Crippen molar-refractivity contribution in [3.63, 3.8) is 0 Å². The lowest BCUT2D eigenvalue weighted by Crippen LogP contribution is -2.30. The molecule has 2 aromatic heterocycles. The SMILES string of the molecule is COc1ccccc1N1C(=S)N[C@@H](c2ccccn2)[C@@H]1c1ccc(C)n1C. The lowest BCUT2D eigenvalue weighted by atomic mass is 10.0. The Balaban J connectivity index is 1.89. The Bertz CT molecular complexity index is 969. The van der Waals surface area contributed by atoms with Crippen molar-refractivity contribution in [2.75, 3.05) is 12.0 Å². The van der Waals surface area contributed by atoms with Crippen LogP contribution in [0.2, 0.25) is 0 Å². The predicted octanol–water partition coefficient (Wildman–Crippen LogP) is 3.91. The molecule has 4 rings (SSSR count). The number of nitrogens with zero attached hydrogens (tertiary/aromatic N) is 3. The molecule has 1 aliphatic heterocycles. The number of nitrogens with one attached hydrogen (secondary N) is 1. The molecule has 1 saturated heterocycles. The molecule has 0 saturated carbocycles. The van der Waals surface area contributed by atoms with Crippen molar-refractivity contribution >= 4 is 23.0 Å². The number of rotatable bonds is 4. The highest BCUT2D eigenvalue weighted by Crippen LogP contribution is 2.44. The van der Waals surface area contributed by atoms with Gasteiger partial charge in [0.2, 0.25) is 0 Å². The smallest absolute Gasteiger partial charge is 0.174 e. The Kier molecular flexibility index (Phi) is 4.58. The second kappa shape index (κ2) is 7.04. The van der Waals surface area contributed by atoms with Crippen LogP contribution in [0.15, 0.2) is 60.8 Å². The van der Waals surface area contributed by atoms with Gasteiger partial charge < -0.3 is 19.5 Å². The van der Waals surface area contributed by atoms with Gasteiger partial charge in [0, 0.05) is 24.6 Å². The molecular weight excluding hydrogens is 356 g/mol. The zero-order valence-electron chi connectivity index (χ0n) is 15.6. The number of benzene rings is 1. The lowest BCUT2D eigenvalue weighted by molar-refractivity contribution is 0.414. The Morgan fingerprint density at radius 2 is 1.85 bits per heavy atom. The first kappa shape index (κ1) is 17.5. The Morgan fingerprint density at radius 3 is 2.52 bits per heavy atom. The normalized spacial score (nSPS) is 19.2. The van der Waals surface area contributed by atoms with Gasteiger partial charge in [0.1, 0.15) is 11.8 Å². The van der Waals surface area contributed by atoms with Crippen LogP contribution in [0.4, 0.5) is 5.69 Å². The molecule has 1 aliphatic rings. The van der Waals surface area contributed by atoms with E-state index in [4.69, 9.17) is 17.0 Å². The zero-order chi connectivity index (χ0) is 19.0. The number of thiocarbonyl (C=S) groups is 1. The molecular formula is C21H22N4OS. The van der Waals surface area contributed by atoms with Crippen molar-refractivity contribution in [1.29, 1.82) is 0 Å². The van der Waals surface area contributed by atoms with Crippen molar-refractivity contribution in [2.45, 2.75) is 19.0 Å². The van der Waals surface area contributed by atoms with E-state index >= 15 is 0 Å². The van der Waals surface area contributed by atoms with E-state index in [0.29, 0.717) is 5.11 Å². The molecule has 1 aromatic carbocycles. The summed E-state index contributed by atoms with van der Waals surface area (Å²) in [6.07, 6.45) is 1.82. The Morgan fingerprint density at radius 1 is 1.07 bits per heavy atom. The van der Waals surface area contributed by atoms with Crippen LogP contribution in [0.5, 0.6) is 5.75 Å². The largest absolute Gasteiger partial charge is 0.495 e. The molecule has 3 heterocycles. The average Bonchev–Trinajstić information content (AvgIpc) is 3.21. The van der Waals surface area contributed by atoms with Crippen molar-refractivity contribution in [1.82, 2.24) is 14.9 Å². The van der Waals surface area contributed by atoms with Crippen LogP contribution < -0.4 is 15.0 Å². The Labute approximate surface area is 164 Å². The van der Waals surface area contributed by atoms with Crippen molar-refractivity contribution in [3.05, 3.63) is 77.9 Å². The number of aromatic nitrogens is 2. The maximum atomic E-state index is 5.76. The minimum Gasteiger partial charge on any atom is -0.495 e. The molecule has 0 aliphatic carbocycles. The third-order valence-corrected chi connectivity index (χ3v) is 5.47. The summed E-state index contributed by atoms with van der Waals surface area (Å²) < 4.78 is 7.82. The first-order chi connectivity index (χ1) is 13.1. The summed E-state index contributed by atoms with van der Waals surface area (Å²) in [5.74, 6) is 0.791.